The maximum atomic E-state index is 11.8. The Bertz CT molecular complexity index is 565. The molecule has 0 fully saturated rings. The number of unbranched alkanes of at least 4 members (excludes halogenated alkanes) is 13. The molecule has 0 heterocycles. The predicted molar refractivity (Wildman–Crippen MR) is 142 cm³/mol. The molecule has 5 nitrogen and oxygen atoms in total. The van der Waals surface area contributed by atoms with Gasteiger partial charge in [-0.15, -0.1) is 0 Å². The van der Waals surface area contributed by atoms with E-state index in [1.807, 2.05) is 21.1 Å². The largest absolute Gasteiger partial charge is 0.373 e. The van der Waals surface area contributed by atoms with E-state index in [1.165, 1.54) is 70.6 Å². The number of rotatable bonds is 22. The summed E-state index contributed by atoms with van der Waals surface area (Å²) in [6, 6.07) is 0. The molecule has 0 aliphatic rings. The Labute approximate surface area is 205 Å². The number of hydrogen-bond donors (Lipinski definition) is 3. The fourth-order valence-corrected chi connectivity index (χ4v) is 5.20. The van der Waals surface area contributed by atoms with Crippen LogP contribution in [0.3, 0.4) is 0 Å². The number of quaternary nitrogens is 1. The average molecular weight is 489 g/mol. The summed E-state index contributed by atoms with van der Waals surface area (Å²) in [5, 5.41) is 8.61. The number of aliphatic hydroxyl groups is 1. The molecule has 1 atom stereocenters. The van der Waals surface area contributed by atoms with Crippen molar-refractivity contribution in [2.45, 2.75) is 121 Å². The average Bonchev–Trinajstić information content (AvgIpc) is 2.70. The summed E-state index contributed by atoms with van der Waals surface area (Å²) in [4.78, 5) is 19.2. The quantitative estimate of drug-likeness (QED) is 0.0645. The first-order valence-corrected chi connectivity index (χ1v) is 15.0. The Hall–Kier alpha value is -0.450. The molecule has 0 spiro atoms. The molecule has 0 saturated heterocycles. The molecular weight excluding hydrogens is 433 g/mol. The molecule has 0 aliphatic carbocycles. The molecule has 1 unspecified atom stereocenters. The van der Waals surface area contributed by atoms with Crippen LogP contribution < -0.4 is 0 Å². The van der Waals surface area contributed by atoms with Crippen LogP contribution >= 0.6 is 7.60 Å². The topological polar surface area (TPSA) is 77.8 Å². The highest BCUT2D eigenvalue weighted by Gasteiger charge is 2.48. The summed E-state index contributed by atoms with van der Waals surface area (Å²) < 4.78 is 12.1. The van der Waals surface area contributed by atoms with Crippen molar-refractivity contribution >= 4 is 7.60 Å². The number of likely N-dealkylation sites (N-methyl/N-ethyl adjacent to an activating group) is 1. The van der Waals surface area contributed by atoms with E-state index in [9.17, 15) is 19.5 Å². The Kier molecular flexibility index (Phi) is 18.6. The van der Waals surface area contributed by atoms with Gasteiger partial charge in [0.1, 0.15) is 6.54 Å². The van der Waals surface area contributed by atoms with Gasteiger partial charge in [-0.1, -0.05) is 76.2 Å². The maximum absolute atomic E-state index is 11.8. The number of allylic oxidation sites excluding steroid dienone is 4. The smallest absolute Gasteiger partial charge is 0.362 e. The van der Waals surface area contributed by atoms with Crippen LogP contribution in [0, 0.1) is 0 Å². The van der Waals surface area contributed by atoms with Crippen molar-refractivity contribution in [3.05, 3.63) is 24.3 Å². The molecule has 0 rings (SSSR count). The van der Waals surface area contributed by atoms with Crippen molar-refractivity contribution in [3.63, 3.8) is 0 Å². The minimum absolute atomic E-state index is 0.0471. The zero-order valence-corrected chi connectivity index (χ0v) is 23.1. The highest BCUT2D eigenvalue weighted by molar-refractivity contribution is 7.53. The van der Waals surface area contributed by atoms with E-state index >= 15 is 0 Å². The lowest BCUT2D eigenvalue weighted by atomic mass is 10.1. The normalized spacial score (nSPS) is 15.0. The lowest BCUT2D eigenvalue weighted by Crippen LogP contribution is -2.49. The van der Waals surface area contributed by atoms with Crippen LogP contribution in [0.1, 0.15) is 116 Å². The van der Waals surface area contributed by atoms with Crippen molar-refractivity contribution < 1.29 is 23.9 Å². The van der Waals surface area contributed by atoms with E-state index in [-0.39, 0.29) is 13.0 Å². The van der Waals surface area contributed by atoms with Crippen molar-refractivity contribution in [2.24, 2.45) is 0 Å². The molecule has 0 aromatic carbocycles. The van der Waals surface area contributed by atoms with Crippen LogP contribution in [0.4, 0.5) is 0 Å². The van der Waals surface area contributed by atoms with Crippen molar-refractivity contribution in [1.82, 2.24) is 0 Å². The molecule has 3 N–H and O–H groups in total. The summed E-state index contributed by atoms with van der Waals surface area (Å²) >= 11 is 0. The van der Waals surface area contributed by atoms with E-state index in [0.717, 1.165) is 25.7 Å². The van der Waals surface area contributed by atoms with Gasteiger partial charge in [-0.25, -0.2) is 0 Å². The summed E-state index contributed by atoms with van der Waals surface area (Å²) in [6.45, 7) is 2.31. The van der Waals surface area contributed by atoms with Crippen LogP contribution in [0.2, 0.25) is 0 Å². The molecule has 0 aliphatic heterocycles. The fourth-order valence-electron chi connectivity index (χ4n) is 4.14. The van der Waals surface area contributed by atoms with Crippen molar-refractivity contribution in [1.29, 1.82) is 0 Å². The molecule has 0 aromatic heterocycles. The van der Waals surface area contributed by atoms with E-state index < -0.39 is 12.9 Å². The van der Waals surface area contributed by atoms with Gasteiger partial charge in [0.05, 0.1) is 21.1 Å². The van der Waals surface area contributed by atoms with Crippen molar-refractivity contribution in [2.75, 3.05) is 27.7 Å². The predicted octanol–water partition coefficient (Wildman–Crippen LogP) is 7.32. The number of hydrogen-bond acceptors (Lipinski definition) is 2. The lowest BCUT2D eigenvalue weighted by molar-refractivity contribution is -0.875. The number of nitrogens with zero attached hydrogens (tertiary/aromatic N) is 1. The minimum atomic E-state index is -4.56. The zero-order chi connectivity index (χ0) is 25.1. The Morgan fingerprint density at radius 2 is 1.03 bits per heavy atom. The van der Waals surface area contributed by atoms with Gasteiger partial charge in [0.25, 0.3) is 0 Å². The third-order valence-electron chi connectivity index (χ3n) is 6.02. The lowest BCUT2D eigenvalue weighted by Gasteiger charge is -2.35. The summed E-state index contributed by atoms with van der Waals surface area (Å²) in [5.41, 5.74) is 0. The summed E-state index contributed by atoms with van der Waals surface area (Å²) in [7, 11) is 0.939. The standard InChI is InChI=1S/C27H54NO4P/c1-5-6-7-8-9-10-11-12-13-14-15-16-17-18-19-20-21-22-23-24-25-27(29,33(30,31)32)26-28(2,3)4/h13-14,19-20,29H,5-12,15-18,21-26H2,1-4H3,(H-,30,31,32)/p+1/b14-13-,20-19-. The first-order valence-electron chi connectivity index (χ1n) is 13.4. The Balaban J connectivity index is 3.67. The molecule has 6 heteroatoms. The van der Waals surface area contributed by atoms with Crippen LogP contribution in [0.15, 0.2) is 24.3 Å². The third-order valence-corrected chi connectivity index (χ3v) is 7.47. The van der Waals surface area contributed by atoms with Crippen LogP contribution in [-0.4, -0.2) is 52.4 Å². The zero-order valence-electron chi connectivity index (χ0n) is 22.2. The molecule has 0 aromatic rings. The molecule has 33 heavy (non-hydrogen) atoms. The van der Waals surface area contributed by atoms with E-state index in [4.69, 9.17) is 0 Å². The monoisotopic (exact) mass is 488 g/mol. The highest BCUT2D eigenvalue weighted by Crippen LogP contribution is 2.52. The third kappa shape index (κ3) is 19.5. The molecule has 0 amide bonds. The highest BCUT2D eigenvalue weighted by atomic mass is 31.2. The van der Waals surface area contributed by atoms with E-state index in [1.54, 1.807) is 0 Å². The molecule has 0 radical (unpaired) electrons. The minimum Gasteiger partial charge on any atom is -0.373 e. The second-order valence-corrected chi connectivity index (χ2v) is 12.6. The summed E-state index contributed by atoms with van der Waals surface area (Å²) in [5.74, 6) is 0. The van der Waals surface area contributed by atoms with Gasteiger partial charge in [-0.05, 0) is 64.2 Å². The first kappa shape index (κ1) is 32.5. The molecule has 196 valence electrons. The second-order valence-electron chi connectivity index (χ2n) is 10.7. The first-order chi connectivity index (χ1) is 15.5. The molecule has 0 saturated carbocycles. The van der Waals surface area contributed by atoms with E-state index in [0.29, 0.717) is 10.9 Å². The van der Waals surface area contributed by atoms with Gasteiger partial charge in [0.2, 0.25) is 5.34 Å². The van der Waals surface area contributed by atoms with Gasteiger partial charge in [0, 0.05) is 0 Å². The van der Waals surface area contributed by atoms with Gasteiger partial charge in [0.15, 0.2) is 0 Å². The van der Waals surface area contributed by atoms with Gasteiger partial charge >= 0.3 is 7.60 Å². The second kappa shape index (κ2) is 18.8. The molecule has 0 bridgehead atoms. The SMILES string of the molecule is CCCCCCCCC/C=C\CCCC/C=C\CCCCCC(O)(C[N+](C)(C)C)P(=O)(O)O. The van der Waals surface area contributed by atoms with Crippen LogP contribution in [-0.2, 0) is 4.57 Å². The Morgan fingerprint density at radius 3 is 1.42 bits per heavy atom. The van der Waals surface area contributed by atoms with Crippen LogP contribution in [0.5, 0.6) is 0 Å². The van der Waals surface area contributed by atoms with Gasteiger partial charge in [-0.3, -0.25) is 4.57 Å². The van der Waals surface area contributed by atoms with Gasteiger partial charge < -0.3 is 19.4 Å². The molecular formula is C27H55NO4P+. The van der Waals surface area contributed by atoms with Crippen molar-refractivity contribution in [3.8, 4) is 0 Å². The van der Waals surface area contributed by atoms with Gasteiger partial charge in [-0.2, -0.15) is 0 Å². The fraction of sp³-hybridized carbons (Fsp3) is 0.852. The maximum Gasteiger partial charge on any atom is 0.362 e. The summed E-state index contributed by atoms with van der Waals surface area (Å²) in [6.07, 6.45) is 28.4. The van der Waals surface area contributed by atoms with E-state index in [2.05, 4.69) is 31.2 Å². The van der Waals surface area contributed by atoms with Crippen LogP contribution in [0.25, 0.3) is 0 Å². The Morgan fingerprint density at radius 1 is 0.667 bits per heavy atom.